The van der Waals surface area contributed by atoms with E-state index in [0.29, 0.717) is 12.1 Å². The average Bonchev–Trinajstić information content (AvgIpc) is 2.83. The Labute approximate surface area is 204 Å². The van der Waals surface area contributed by atoms with Crippen LogP contribution in [-0.4, -0.2) is 66.4 Å². The number of piperazine rings is 1. The zero-order valence-electron chi connectivity index (χ0n) is 19.6. The van der Waals surface area contributed by atoms with Crippen molar-refractivity contribution in [1.82, 2.24) is 9.80 Å². The van der Waals surface area contributed by atoms with E-state index < -0.39 is 40.2 Å². The van der Waals surface area contributed by atoms with Crippen molar-refractivity contribution in [3.05, 3.63) is 63.0 Å². The average molecular weight is 510 g/mol. The Morgan fingerprint density at radius 2 is 1.69 bits per heavy atom. The van der Waals surface area contributed by atoms with Crippen LogP contribution in [0.15, 0.2) is 24.3 Å². The second-order valence-electron chi connectivity index (χ2n) is 8.25. The Hall–Kier alpha value is -3.87. The van der Waals surface area contributed by atoms with Crippen LogP contribution in [0.2, 0.25) is 0 Å². The lowest BCUT2D eigenvalue weighted by Gasteiger charge is -2.34. The van der Waals surface area contributed by atoms with Crippen LogP contribution in [0.5, 0.6) is 11.5 Å². The van der Waals surface area contributed by atoms with E-state index in [2.05, 4.69) is 0 Å². The molecule has 0 bridgehead atoms. The highest BCUT2D eigenvalue weighted by Gasteiger charge is 2.30. The first-order valence-corrected chi connectivity index (χ1v) is 10.9. The van der Waals surface area contributed by atoms with E-state index >= 15 is 0 Å². The summed E-state index contributed by atoms with van der Waals surface area (Å²) in [4.78, 5) is 39.0. The van der Waals surface area contributed by atoms with E-state index in [1.165, 1.54) is 36.2 Å². The SMILES string of the molecule is COc1cc(CN2CCN(C(=O)C[C@H](N)Cc3cc(F)c(F)cc3F)CC2=O)c([N+](=O)[O-])cc1OC. The fourth-order valence-corrected chi connectivity index (χ4v) is 3.93. The topological polar surface area (TPSA) is 128 Å². The first kappa shape index (κ1) is 26.7. The lowest BCUT2D eigenvalue weighted by atomic mass is 10.0. The molecule has 0 unspecified atom stereocenters. The molecular weight excluding hydrogens is 485 g/mol. The lowest BCUT2D eigenvalue weighted by molar-refractivity contribution is -0.385. The summed E-state index contributed by atoms with van der Waals surface area (Å²) in [5.74, 6) is -3.96. The summed E-state index contributed by atoms with van der Waals surface area (Å²) < 4.78 is 50.7. The Morgan fingerprint density at radius 1 is 1.06 bits per heavy atom. The molecule has 2 aromatic rings. The minimum atomic E-state index is -1.32. The molecule has 194 valence electrons. The molecule has 10 nitrogen and oxygen atoms in total. The van der Waals surface area contributed by atoms with Gasteiger partial charge in [0.15, 0.2) is 23.1 Å². The number of hydrogen-bond acceptors (Lipinski definition) is 7. The first-order valence-electron chi connectivity index (χ1n) is 10.9. The van der Waals surface area contributed by atoms with E-state index in [0.717, 1.165) is 0 Å². The van der Waals surface area contributed by atoms with Gasteiger partial charge in [-0.2, -0.15) is 0 Å². The maximum atomic E-state index is 13.9. The predicted octanol–water partition coefficient (Wildman–Crippen LogP) is 2.16. The molecule has 0 aliphatic carbocycles. The molecular formula is C23H25F3N4O6. The Bertz CT molecular complexity index is 1180. The number of hydrogen-bond donors (Lipinski definition) is 1. The minimum Gasteiger partial charge on any atom is -0.493 e. The van der Waals surface area contributed by atoms with Crippen molar-refractivity contribution >= 4 is 17.5 Å². The highest BCUT2D eigenvalue weighted by atomic mass is 19.2. The molecule has 2 amide bonds. The number of nitrogens with zero attached hydrogens (tertiary/aromatic N) is 3. The number of nitro benzene ring substituents is 1. The molecule has 1 aliphatic rings. The van der Waals surface area contributed by atoms with Gasteiger partial charge >= 0.3 is 0 Å². The maximum absolute atomic E-state index is 13.9. The molecule has 0 radical (unpaired) electrons. The first-order chi connectivity index (χ1) is 17.0. The molecule has 2 N–H and O–H groups in total. The molecule has 0 saturated carbocycles. The number of nitro groups is 1. The highest BCUT2D eigenvalue weighted by molar-refractivity contribution is 5.86. The zero-order valence-corrected chi connectivity index (χ0v) is 19.6. The summed E-state index contributed by atoms with van der Waals surface area (Å²) in [6.45, 7) is -0.0837. The second kappa shape index (κ2) is 11.2. The molecule has 0 spiro atoms. The van der Waals surface area contributed by atoms with Crippen LogP contribution in [0.4, 0.5) is 18.9 Å². The standard InChI is InChI=1S/C23H25F3N4O6/c1-35-20-7-14(19(30(33)34)10-21(20)36-2)11-28-3-4-29(12-23(28)32)22(31)8-15(27)5-13-6-17(25)18(26)9-16(13)24/h6-7,9-10,15H,3-5,8,11-12,27H2,1-2H3/t15-/m1/s1. The number of nitrogens with two attached hydrogens (primary N) is 1. The largest absolute Gasteiger partial charge is 0.493 e. The van der Waals surface area contributed by atoms with Crippen molar-refractivity contribution in [2.45, 2.75) is 25.4 Å². The smallest absolute Gasteiger partial charge is 0.278 e. The quantitative estimate of drug-likeness (QED) is 0.311. The van der Waals surface area contributed by atoms with Gasteiger partial charge in [-0.25, -0.2) is 13.2 Å². The summed E-state index contributed by atoms with van der Waals surface area (Å²) in [6.07, 6.45) is -0.446. The summed E-state index contributed by atoms with van der Waals surface area (Å²) in [5.41, 5.74) is 5.75. The third kappa shape index (κ3) is 6.03. The fraction of sp³-hybridized carbons (Fsp3) is 0.391. The van der Waals surface area contributed by atoms with Crippen molar-refractivity contribution in [3.8, 4) is 11.5 Å². The molecule has 13 heteroatoms. The van der Waals surface area contributed by atoms with Crippen LogP contribution in [0.3, 0.4) is 0 Å². The van der Waals surface area contributed by atoms with Crippen LogP contribution >= 0.6 is 0 Å². The van der Waals surface area contributed by atoms with Gasteiger partial charge in [-0.1, -0.05) is 0 Å². The van der Waals surface area contributed by atoms with E-state index in [4.69, 9.17) is 15.2 Å². The third-order valence-corrected chi connectivity index (χ3v) is 5.82. The minimum absolute atomic E-state index is 0.0769. The molecule has 1 fully saturated rings. The van der Waals surface area contributed by atoms with Gasteiger partial charge in [0.05, 0.1) is 43.9 Å². The maximum Gasteiger partial charge on any atom is 0.278 e. The monoisotopic (exact) mass is 510 g/mol. The number of benzene rings is 2. The molecule has 1 atom stereocenters. The van der Waals surface area contributed by atoms with Crippen LogP contribution in [0, 0.1) is 27.6 Å². The molecule has 36 heavy (non-hydrogen) atoms. The van der Waals surface area contributed by atoms with Gasteiger partial charge in [-0.3, -0.25) is 19.7 Å². The van der Waals surface area contributed by atoms with Crippen LogP contribution in [0.25, 0.3) is 0 Å². The Kier molecular flexibility index (Phi) is 8.35. The van der Waals surface area contributed by atoms with E-state index in [9.17, 15) is 32.9 Å². The van der Waals surface area contributed by atoms with E-state index in [1.807, 2.05) is 0 Å². The van der Waals surface area contributed by atoms with Crippen molar-refractivity contribution in [1.29, 1.82) is 0 Å². The summed E-state index contributed by atoms with van der Waals surface area (Å²) >= 11 is 0. The molecule has 1 heterocycles. The number of methoxy groups -OCH3 is 2. The van der Waals surface area contributed by atoms with Gasteiger partial charge in [0, 0.05) is 31.6 Å². The summed E-state index contributed by atoms with van der Waals surface area (Å²) in [7, 11) is 2.73. The normalized spacial score (nSPS) is 14.6. The van der Waals surface area contributed by atoms with Crippen molar-refractivity contribution in [3.63, 3.8) is 0 Å². The zero-order chi connectivity index (χ0) is 26.6. The lowest BCUT2D eigenvalue weighted by Crippen LogP contribution is -2.52. The molecule has 3 rings (SSSR count). The van der Waals surface area contributed by atoms with Crippen LogP contribution in [-0.2, 0) is 22.6 Å². The number of halogens is 3. The second-order valence-corrected chi connectivity index (χ2v) is 8.25. The molecule has 0 aromatic heterocycles. The van der Waals surface area contributed by atoms with Gasteiger partial charge in [0.1, 0.15) is 5.82 Å². The number of amides is 2. The Morgan fingerprint density at radius 3 is 2.31 bits per heavy atom. The van der Waals surface area contributed by atoms with Crippen molar-refractivity contribution in [2.24, 2.45) is 5.73 Å². The molecule has 1 aliphatic heterocycles. The fourth-order valence-electron chi connectivity index (χ4n) is 3.93. The van der Waals surface area contributed by atoms with Crippen molar-refractivity contribution in [2.75, 3.05) is 33.9 Å². The highest BCUT2D eigenvalue weighted by Crippen LogP contribution is 2.35. The predicted molar refractivity (Wildman–Crippen MR) is 121 cm³/mol. The number of carbonyl (C=O) groups excluding carboxylic acids is 2. The van der Waals surface area contributed by atoms with E-state index in [-0.39, 0.29) is 67.3 Å². The van der Waals surface area contributed by atoms with Crippen molar-refractivity contribution < 1.29 is 37.2 Å². The number of rotatable bonds is 9. The number of ether oxygens (including phenoxy) is 2. The summed E-state index contributed by atoms with van der Waals surface area (Å²) in [6, 6.07) is 2.87. The van der Waals surface area contributed by atoms with Gasteiger partial charge in [0.2, 0.25) is 11.8 Å². The molecule has 2 aromatic carbocycles. The van der Waals surface area contributed by atoms with Gasteiger partial charge < -0.3 is 25.0 Å². The number of carbonyl (C=O) groups is 2. The van der Waals surface area contributed by atoms with Gasteiger partial charge in [-0.15, -0.1) is 0 Å². The van der Waals surface area contributed by atoms with Crippen LogP contribution in [0.1, 0.15) is 17.5 Å². The molecule has 1 saturated heterocycles. The van der Waals surface area contributed by atoms with Gasteiger partial charge in [-0.05, 0) is 24.1 Å². The van der Waals surface area contributed by atoms with Crippen LogP contribution < -0.4 is 15.2 Å². The summed E-state index contributed by atoms with van der Waals surface area (Å²) in [5, 5.41) is 11.5. The third-order valence-electron chi connectivity index (χ3n) is 5.82. The van der Waals surface area contributed by atoms with Gasteiger partial charge in [0.25, 0.3) is 5.69 Å². The van der Waals surface area contributed by atoms with E-state index in [1.54, 1.807) is 0 Å². The Balaban J connectivity index is 1.62.